The molecule has 2 heterocycles. The number of aryl methyl sites for hydroxylation is 2. The molecular weight excluding hydrogens is 290 g/mol. The highest BCUT2D eigenvalue weighted by Gasteiger charge is 2.30. The van der Waals surface area contributed by atoms with Gasteiger partial charge in [0, 0.05) is 18.3 Å². The first kappa shape index (κ1) is 14.5. The van der Waals surface area contributed by atoms with E-state index in [1.54, 1.807) is 6.20 Å². The Morgan fingerprint density at radius 2 is 2.09 bits per heavy atom. The molecule has 0 bridgehead atoms. The van der Waals surface area contributed by atoms with E-state index in [4.69, 9.17) is 4.74 Å². The van der Waals surface area contributed by atoms with Gasteiger partial charge in [-0.1, -0.05) is 6.07 Å². The maximum atomic E-state index is 13.0. The average molecular weight is 311 g/mol. The van der Waals surface area contributed by atoms with Crippen LogP contribution >= 0.6 is 0 Å². The van der Waals surface area contributed by atoms with Crippen molar-refractivity contribution in [3.8, 4) is 0 Å². The summed E-state index contributed by atoms with van der Waals surface area (Å²) in [6.07, 6.45) is 6.41. The lowest BCUT2D eigenvalue weighted by Crippen LogP contribution is -2.43. The highest BCUT2D eigenvalue weighted by Crippen LogP contribution is 2.27. The third-order valence-electron chi connectivity index (χ3n) is 4.87. The number of ether oxygens (including phenoxy) is 1. The first-order chi connectivity index (χ1) is 11.3. The van der Waals surface area contributed by atoms with Crippen LogP contribution in [0.15, 0.2) is 30.5 Å². The van der Waals surface area contributed by atoms with Crippen LogP contribution < -0.4 is 0 Å². The normalized spacial score (nSPS) is 21.0. The summed E-state index contributed by atoms with van der Waals surface area (Å²) in [4.78, 5) is 14.9. The number of benzene rings is 1. The van der Waals surface area contributed by atoms with Crippen LogP contribution in [0.4, 0.5) is 0 Å². The average Bonchev–Trinajstić information content (AvgIpc) is 3.15. The van der Waals surface area contributed by atoms with Crippen molar-refractivity contribution < 1.29 is 9.53 Å². The number of nitrogens with zero attached hydrogens (tertiary/aromatic N) is 2. The Morgan fingerprint density at radius 1 is 1.22 bits per heavy atom. The number of H-pyrrole nitrogens is 1. The largest absolute Gasteiger partial charge is 0.377 e. The van der Waals surface area contributed by atoms with Gasteiger partial charge < -0.3 is 9.64 Å². The molecule has 1 aliphatic carbocycles. The zero-order valence-corrected chi connectivity index (χ0v) is 13.1. The van der Waals surface area contributed by atoms with E-state index in [2.05, 4.69) is 22.3 Å². The molecule has 0 radical (unpaired) electrons. The summed E-state index contributed by atoms with van der Waals surface area (Å²) in [6, 6.07) is 8.03. The van der Waals surface area contributed by atoms with Gasteiger partial charge in [-0.25, -0.2) is 0 Å². The molecule has 0 spiro atoms. The molecule has 1 amide bonds. The summed E-state index contributed by atoms with van der Waals surface area (Å²) in [5, 5.41) is 6.97. The second kappa shape index (κ2) is 6.16. The van der Waals surface area contributed by atoms with Crippen molar-refractivity contribution >= 4 is 5.91 Å². The maximum Gasteiger partial charge on any atom is 0.254 e. The van der Waals surface area contributed by atoms with Crippen LogP contribution in [0.2, 0.25) is 0 Å². The second-order valence-corrected chi connectivity index (χ2v) is 6.29. The third-order valence-corrected chi connectivity index (χ3v) is 4.87. The number of amides is 1. The fraction of sp³-hybridized carbons (Fsp3) is 0.444. The lowest BCUT2D eigenvalue weighted by molar-refractivity contribution is -0.00391. The fourth-order valence-electron chi connectivity index (χ4n) is 3.59. The first-order valence-electron chi connectivity index (χ1n) is 8.33. The minimum absolute atomic E-state index is 0.0845. The van der Waals surface area contributed by atoms with Gasteiger partial charge in [0.05, 0.1) is 24.9 Å². The molecule has 1 aromatic heterocycles. The molecule has 2 aliphatic rings. The molecule has 1 unspecified atom stereocenters. The Kier molecular flexibility index (Phi) is 3.87. The van der Waals surface area contributed by atoms with Crippen molar-refractivity contribution in [3.63, 3.8) is 0 Å². The van der Waals surface area contributed by atoms with Crippen molar-refractivity contribution in [2.45, 2.75) is 31.7 Å². The van der Waals surface area contributed by atoms with Crippen LogP contribution in [0.5, 0.6) is 0 Å². The topological polar surface area (TPSA) is 58.2 Å². The third kappa shape index (κ3) is 2.77. The van der Waals surface area contributed by atoms with Crippen LogP contribution in [-0.2, 0) is 17.6 Å². The van der Waals surface area contributed by atoms with Crippen molar-refractivity contribution in [3.05, 3.63) is 52.8 Å². The van der Waals surface area contributed by atoms with Gasteiger partial charge in [0.1, 0.15) is 0 Å². The Labute approximate surface area is 135 Å². The molecule has 120 valence electrons. The van der Waals surface area contributed by atoms with E-state index in [0.29, 0.717) is 19.8 Å². The molecule has 5 nitrogen and oxygen atoms in total. The van der Waals surface area contributed by atoms with Gasteiger partial charge in [-0.05, 0) is 55.0 Å². The van der Waals surface area contributed by atoms with E-state index < -0.39 is 0 Å². The summed E-state index contributed by atoms with van der Waals surface area (Å²) < 4.78 is 5.57. The van der Waals surface area contributed by atoms with E-state index in [0.717, 1.165) is 24.1 Å². The second-order valence-electron chi connectivity index (χ2n) is 6.29. The highest BCUT2D eigenvalue weighted by atomic mass is 16.5. The number of nitrogens with one attached hydrogen (secondary N) is 1. The van der Waals surface area contributed by atoms with Crippen LogP contribution in [0.1, 0.15) is 46.1 Å². The summed E-state index contributed by atoms with van der Waals surface area (Å²) in [5.74, 6) is 0.0845. The number of hydrogen-bond acceptors (Lipinski definition) is 3. The molecule has 5 heteroatoms. The minimum atomic E-state index is -0.0882. The monoisotopic (exact) mass is 311 g/mol. The number of aromatic amines is 1. The lowest BCUT2D eigenvalue weighted by atomic mass is 9.90. The van der Waals surface area contributed by atoms with E-state index in [1.165, 1.54) is 24.0 Å². The van der Waals surface area contributed by atoms with Gasteiger partial charge in [-0.3, -0.25) is 9.89 Å². The standard InChI is InChI=1S/C18H21N3O2/c22-18(15-6-5-13-3-1-2-4-14(13)11-15)21-9-10-23-12-17(21)16-7-8-19-20-16/h5-8,11,17H,1-4,9-10,12H2,(H,19,20). The number of carbonyl (C=O) groups excluding carboxylic acids is 1. The van der Waals surface area contributed by atoms with Crippen LogP contribution in [0.3, 0.4) is 0 Å². The molecule has 1 saturated heterocycles. The predicted molar refractivity (Wildman–Crippen MR) is 86.3 cm³/mol. The van der Waals surface area contributed by atoms with E-state index in [-0.39, 0.29) is 11.9 Å². The predicted octanol–water partition coefficient (Wildman–Crippen LogP) is 2.50. The van der Waals surface area contributed by atoms with Crippen molar-refractivity contribution in [1.29, 1.82) is 0 Å². The van der Waals surface area contributed by atoms with E-state index >= 15 is 0 Å². The first-order valence-corrected chi connectivity index (χ1v) is 8.33. The number of rotatable bonds is 2. The molecule has 1 aromatic carbocycles. The molecule has 1 N–H and O–H groups in total. The molecule has 23 heavy (non-hydrogen) atoms. The molecule has 1 atom stereocenters. The van der Waals surface area contributed by atoms with Crippen molar-refractivity contribution in [2.75, 3.05) is 19.8 Å². The van der Waals surface area contributed by atoms with Crippen LogP contribution in [-0.4, -0.2) is 40.8 Å². The Morgan fingerprint density at radius 3 is 2.91 bits per heavy atom. The summed E-state index contributed by atoms with van der Waals surface area (Å²) in [6.45, 7) is 1.71. The molecular formula is C18H21N3O2. The fourth-order valence-corrected chi connectivity index (χ4v) is 3.59. The number of fused-ring (bicyclic) bond motifs is 1. The Balaban J connectivity index is 1.62. The molecule has 4 rings (SSSR count). The zero-order valence-electron chi connectivity index (χ0n) is 13.1. The molecule has 1 fully saturated rings. The van der Waals surface area contributed by atoms with Gasteiger partial charge in [0.2, 0.25) is 0 Å². The van der Waals surface area contributed by atoms with E-state index in [1.807, 2.05) is 17.0 Å². The maximum absolute atomic E-state index is 13.0. The molecule has 1 aliphatic heterocycles. The zero-order chi connectivity index (χ0) is 15.6. The smallest absolute Gasteiger partial charge is 0.254 e. The highest BCUT2D eigenvalue weighted by molar-refractivity contribution is 5.95. The van der Waals surface area contributed by atoms with Crippen LogP contribution in [0, 0.1) is 0 Å². The quantitative estimate of drug-likeness (QED) is 0.927. The Hall–Kier alpha value is -2.14. The molecule has 0 saturated carbocycles. The lowest BCUT2D eigenvalue weighted by Gasteiger charge is -2.35. The Bertz CT molecular complexity index is 696. The number of carbonyl (C=O) groups is 1. The van der Waals surface area contributed by atoms with Gasteiger partial charge in [0.15, 0.2) is 0 Å². The van der Waals surface area contributed by atoms with E-state index in [9.17, 15) is 4.79 Å². The van der Waals surface area contributed by atoms with Crippen molar-refractivity contribution in [1.82, 2.24) is 15.1 Å². The SMILES string of the molecule is O=C(c1ccc2c(c1)CCCC2)N1CCOCC1c1ccn[nH]1. The van der Waals surface area contributed by atoms with Gasteiger partial charge in [-0.2, -0.15) is 5.10 Å². The van der Waals surface area contributed by atoms with Gasteiger partial charge in [-0.15, -0.1) is 0 Å². The minimum Gasteiger partial charge on any atom is -0.377 e. The number of aromatic nitrogens is 2. The van der Waals surface area contributed by atoms with Gasteiger partial charge in [0.25, 0.3) is 5.91 Å². The summed E-state index contributed by atoms with van der Waals surface area (Å²) in [5.41, 5.74) is 4.46. The van der Waals surface area contributed by atoms with Crippen molar-refractivity contribution in [2.24, 2.45) is 0 Å². The summed E-state index contributed by atoms with van der Waals surface area (Å²) in [7, 11) is 0. The summed E-state index contributed by atoms with van der Waals surface area (Å²) >= 11 is 0. The number of hydrogen-bond donors (Lipinski definition) is 1. The number of morpholine rings is 1. The van der Waals surface area contributed by atoms with Gasteiger partial charge >= 0.3 is 0 Å². The molecule has 2 aromatic rings. The van der Waals surface area contributed by atoms with Crippen LogP contribution in [0.25, 0.3) is 0 Å².